The minimum absolute atomic E-state index is 0. The standard InChI is InChI=1S/C18H25N3.HI/c1-2-19-17(21-16-10-6-7-11-16)20-14-18(12-13-18)15-8-4-3-5-9-15;/h3-9,16H,2,10-14H2,1H3,(H2,19,20,21);1H. The molecule has 0 radical (unpaired) electrons. The van der Waals surface area contributed by atoms with Gasteiger partial charge in [-0.15, -0.1) is 24.0 Å². The van der Waals surface area contributed by atoms with E-state index in [4.69, 9.17) is 4.99 Å². The number of hydrogen-bond acceptors (Lipinski definition) is 1. The van der Waals surface area contributed by atoms with Gasteiger partial charge in [0.25, 0.3) is 0 Å². The minimum atomic E-state index is 0. The van der Waals surface area contributed by atoms with Crippen LogP contribution in [0.1, 0.15) is 38.2 Å². The third-order valence-corrected chi connectivity index (χ3v) is 4.47. The van der Waals surface area contributed by atoms with Gasteiger partial charge in [0.2, 0.25) is 0 Å². The second kappa shape index (κ2) is 7.99. The predicted octanol–water partition coefficient (Wildman–Crippen LogP) is 3.61. The SMILES string of the molecule is CCNC(=NCC1(c2ccccc2)CC1)NC1CC=CC1.I. The number of aliphatic imine (C=N–C) groups is 1. The quantitative estimate of drug-likeness (QED) is 0.336. The Labute approximate surface area is 150 Å². The van der Waals surface area contributed by atoms with Crippen LogP contribution >= 0.6 is 24.0 Å². The van der Waals surface area contributed by atoms with Gasteiger partial charge in [-0.2, -0.15) is 0 Å². The van der Waals surface area contributed by atoms with Crippen molar-refractivity contribution < 1.29 is 0 Å². The average molecular weight is 411 g/mol. The van der Waals surface area contributed by atoms with E-state index >= 15 is 0 Å². The second-order valence-electron chi connectivity index (χ2n) is 6.13. The van der Waals surface area contributed by atoms with Gasteiger partial charge >= 0.3 is 0 Å². The molecule has 120 valence electrons. The molecule has 2 aliphatic rings. The molecule has 0 aromatic heterocycles. The van der Waals surface area contributed by atoms with Crippen molar-refractivity contribution in [3.8, 4) is 0 Å². The van der Waals surface area contributed by atoms with Crippen LogP contribution in [-0.4, -0.2) is 25.1 Å². The van der Waals surface area contributed by atoms with E-state index in [0.29, 0.717) is 6.04 Å². The van der Waals surface area contributed by atoms with Gasteiger partial charge in [0.15, 0.2) is 5.96 Å². The fourth-order valence-corrected chi connectivity index (χ4v) is 2.96. The lowest BCUT2D eigenvalue weighted by Gasteiger charge is -2.19. The Bertz CT molecular complexity index is 512. The Balaban J connectivity index is 0.00000176. The zero-order chi connectivity index (χ0) is 14.5. The lowest BCUT2D eigenvalue weighted by molar-refractivity contribution is 0.625. The Morgan fingerprint density at radius 2 is 1.86 bits per heavy atom. The Hall–Kier alpha value is -1.04. The molecule has 22 heavy (non-hydrogen) atoms. The van der Waals surface area contributed by atoms with E-state index in [1.807, 2.05) is 0 Å². The summed E-state index contributed by atoms with van der Waals surface area (Å²) < 4.78 is 0. The molecule has 2 aliphatic carbocycles. The molecule has 0 aliphatic heterocycles. The number of nitrogens with zero attached hydrogens (tertiary/aromatic N) is 1. The van der Waals surface area contributed by atoms with Crippen molar-refractivity contribution in [2.45, 2.75) is 44.1 Å². The molecule has 4 heteroatoms. The molecular formula is C18H26IN3. The highest BCUT2D eigenvalue weighted by atomic mass is 127. The summed E-state index contributed by atoms with van der Waals surface area (Å²) in [6.07, 6.45) is 9.21. The van der Waals surface area contributed by atoms with E-state index in [1.165, 1.54) is 18.4 Å². The van der Waals surface area contributed by atoms with Gasteiger partial charge in [-0.3, -0.25) is 4.99 Å². The second-order valence-corrected chi connectivity index (χ2v) is 6.13. The Morgan fingerprint density at radius 3 is 2.45 bits per heavy atom. The first-order valence-electron chi connectivity index (χ1n) is 8.08. The lowest BCUT2D eigenvalue weighted by atomic mass is 9.96. The Kier molecular flexibility index (Phi) is 6.29. The third-order valence-electron chi connectivity index (χ3n) is 4.47. The molecule has 0 atom stereocenters. The van der Waals surface area contributed by atoms with Gasteiger partial charge in [0.05, 0.1) is 6.54 Å². The summed E-state index contributed by atoms with van der Waals surface area (Å²) in [5, 5.41) is 6.92. The van der Waals surface area contributed by atoms with Crippen LogP contribution in [0.15, 0.2) is 47.5 Å². The first kappa shape index (κ1) is 17.3. The minimum Gasteiger partial charge on any atom is -0.357 e. The highest BCUT2D eigenvalue weighted by Crippen LogP contribution is 2.48. The van der Waals surface area contributed by atoms with Gasteiger partial charge in [-0.05, 0) is 38.2 Å². The molecule has 0 spiro atoms. The van der Waals surface area contributed by atoms with Crippen LogP contribution in [-0.2, 0) is 5.41 Å². The normalized spacial score (nSPS) is 19.6. The zero-order valence-electron chi connectivity index (χ0n) is 13.2. The van der Waals surface area contributed by atoms with Crippen LogP contribution in [0.5, 0.6) is 0 Å². The van der Waals surface area contributed by atoms with Gasteiger partial charge in [-0.25, -0.2) is 0 Å². The van der Waals surface area contributed by atoms with Crippen molar-refractivity contribution in [1.29, 1.82) is 0 Å². The van der Waals surface area contributed by atoms with E-state index in [-0.39, 0.29) is 29.4 Å². The first-order valence-corrected chi connectivity index (χ1v) is 8.08. The van der Waals surface area contributed by atoms with Crippen molar-refractivity contribution in [3.05, 3.63) is 48.0 Å². The van der Waals surface area contributed by atoms with Crippen LogP contribution in [0.4, 0.5) is 0 Å². The number of rotatable bonds is 5. The molecule has 3 nitrogen and oxygen atoms in total. The molecule has 3 rings (SSSR count). The number of nitrogens with one attached hydrogen (secondary N) is 2. The molecule has 2 N–H and O–H groups in total. The Morgan fingerprint density at radius 1 is 1.18 bits per heavy atom. The van der Waals surface area contributed by atoms with Crippen molar-refractivity contribution in [2.75, 3.05) is 13.1 Å². The van der Waals surface area contributed by atoms with Gasteiger partial charge in [0, 0.05) is 18.0 Å². The van der Waals surface area contributed by atoms with Gasteiger partial charge < -0.3 is 10.6 Å². The maximum Gasteiger partial charge on any atom is 0.191 e. The highest BCUT2D eigenvalue weighted by molar-refractivity contribution is 14.0. The number of hydrogen-bond donors (Lipinski definition) is 2. The summed E-state index contributed by atoms with van der Waals surface area (Å²) in [6, 6.07) is 11.3. The lowest BCUT2D eigenvalue weighted by Crippen LogP contribution is -2.42. The van der Waals surface area contributed by atoms with Crippen molar-refractivity contribution in [1.82, 2.24) is 10.6 Å². The topological polar surface area (TPSA) is 36.4 Å². The molecule has 1 aromatic rings. The average Bonchev–Trinajstić information content (AvgIpc) is 3.15. The van der Waals surface area contributed by atoms with Crippen LogP contribution < -0.4 is 10.6 Å². The van der Waals surface area contributed by atoms with Crippen LogP contribution in [0.2, 0.25) is 0 Å². The van der Waals surface area contributed by atoms with E-state index < -0.39 is 0 Å². The van der Waals surface area contributed by atoms with Crippen molar-refractivity contribution in [2.24, 2.45) is 4.99 Å². The number of halogens is 1. The third kappa shape index (κ3) is 4.24. The van der Waals surface area contributed by atoms with Crippen LogP contribution in [0, 0.1) is 0 Å². The molecule has 0 saturated heterocycles. The van der Waals surface area contributed by atoms with E-state index in [9.17, 15) is 0 Å². The molecular weight excluding hydrogens is 385 g/mol. The smallest absolute Gasteiger partial charge is 0.191 e. The molecule has 0 bridgehead atoms. The predicted molar refractivity (Wildman–Crippen MR) is 104 cm³/mol. The molecule has 1 aromatic carbocycles. The summed E-state index contributed by atoms with van der Waals surface area (Å²) in [7, 11) is 0. The molecule has 1 fully saturated rings. The van der Waals surface area contributed by atoms with Gasteiger partial charge in [-0.1, -0.05) is 42.5 Å². The molecule has 0 unspecified atom stereocenters. The first-order chi connectivity index (χ1) is 10.3. The van der Waals surface area contributed by atoms with E-state index in [0.717, 1.165) is 31.9 Å². The number of benzene rings is 1. The monoisotopic (exact) mass is 411 g/mol. The summed E-state index contributed by atoms with van der Waals surface area (Å²) in [6.45, 7) is 3.91. The van der Waals surface area contributed by atoms with E-state index in [1.54, 1.807) is 0 Å². The fourth-order valence-electron chi connectivity index (χ4n) is 2.96. The molecule has 0 amide bonds. The summed E-state index contributed by atoms with van der Waals surface area (Å²) >= 11 is 0. The van der Waals surface area contributed by atoms with Crippen LogP contribution in [0.3, 0.4) is 0 Å². The molecule has 1 saturated carbocycles. The molecule has 0 heterocycles. The zero-order valence-corrected chi connectivity index (χ0v) is 15.5. The maximum absolute atomic E-state index is 4.85. The van der Waals surface area contributed by atoms with Crippen LogP contribution in [0.25, 0.3) is 0 Å². The summed E-state index contributed by atoms with van der Waals surface area (Å²) in [5.41, 5.74) is 1.73. The van der Waals surface area contributed by atoms with Gasteiger partial charge in [0.1, 0.15) is 0 Å². The van der Waals surface area contributed by atoms with E-state index in [2.05, 4.69) is 60.0 Å². The number of guanidine groups is 1. The van der Waals surface area contributed by atoms with Crippen molar-refractivity contribution in [3.63, 3.8) is 0 Å². The summed E-state index contributed by atoms with van der Waals surface area (Å²) in [4.78, 5) is 4.85. The largest absolute Gasteiger partial charge is 0.357 e. The highest BCUT2D eigenvalue weighted by Gasteiger charge is 2.44. The summed E-state index contributed by atoms with van der Waals surface area (Å²) in [5.74, 6) is 0.966. The fraction of sp³-hybridized carbons (Fsp3) is 0.500. The van der Waals surface area contributed by atoms with Crippen molar-refractivity contribution >= 4 is 29.9 Å². The maximum atomic E-state index is 4.85.